The molecule has 0 aliphatic carbocycles. The third kappa shape index (κ3) is 8.50. The second-order valence-electron chi connectivity index (χ2n) is 11.3. The van der Waals surface area contributed by atoms with Gasteiger partial charge in [0.2, 0.25) is 0 Å². The number of likely N-dealkylation sites (tertiary alicyclic amines) is 1. The molecule has 0 saturated carbocycles. The van der Waals surface area contributed by atoms with Crippen molar-refractivity contribution in [1.29, 1.82) is 0 Å². The summed E-state index contributed by atoms with van der Waals surface area (Å²) in [5.41, 5.74) is 5.28. The number of aryl methyl sites for hydroxylation is 1. The minimum absolute atomic E-state index is 0.211. The number of hydrogen-bond donors (Lipinski definition) is 2. The van der Waals surface area contributed by atoms with Gasteiger partial charge in [0, 0.05) is 38.1 Å². The van der Waals surface area contributed by atoms with Crippen molar-refractivity contribution in [3.05, 3.63) is 95.1 Å². The molecule has 4 rings (SSSR count). The van der Waals surface area contributed by atoms with Gasteiger partial charge in [-0.3, -0.25) is 9.69 Å². The molecular formula is C33H40N2O6S. The maximum Gasteiger partial charge on any atom is 0.326 e. The first-order valence-corrected chi connectivity index (χ1v) is 16.3. The Morgan fingerprint density at radius 3 is 2.40 bits per heavy atom. The van der Waals surface area contributed by atoms with Gasteiger partial charge in [-0.1, -0.05) is 60.7 Å². The number of aliphatic carboxylic acids is 1. The summed E-state index contributed by atoms with van der Waals surface area (Å²) in [5, 5.41) is 12.2. The molecule has 1 heterocycles. The molecule has 1 aliphatic heterocycles. The zero-order valence-electron chi connectivity index (χ0n) is 24.5. The predicted octanol–water partition coefficient (Wildman–Crippen LogP) is 4.36. The summed E-state index contributed by atoms with van der Waals surface area (Å²) in [7, 11) is -1.66. The van der Waals surface area contributed by atoms with Crippen molar-refractivity contribution in [2.45, 2.75) is 44.8 Å². The van der Waals surface area contributed by atoms with Crippen LogP contribution in [0.15, 0.2) is 72.8 Å². The molecule has 0 radical (unpaired) electrons. The highest BCUT2D eigenvalue weighted by Crippen LogP contribution is 2.32. The third-order valence-corrected chi connectivity index (χ3v) is 8.85. The van der Waals surface area contributed by atoms with E-state index in [0.717, 1.165) is 42.3 Å². The SMILES string of the molecule is COC[C@@H]1C[C@H](Cc2ccccc2)CN1Cc1ccc(C(=O)N[C@@H](CCS(C)(=O)=O)C(=O)O)c(-c2ccccc2C)c1. The molecule has 2 N–H and O–H groups in total. The normalized spacial score (nSPS) is 18.1. The van der Waals surface area contributed by atoms with E-state index in [4.69, 9.17) is 4.74 Å². The molecule has 224 valence electrons. The fraction of sp³-hybridized carbons (Fsp3) is 0.394. The van der Waals surface area contributed by atoms with Gasteiger partial charge in [-0.25, -0.2) is 13.2 Å². The lowest BCUT2D eigenvalue weighted by Gasteiger charge is -2.24. The zero-order valence-corrected chi connectivity index (χ0v) is 25.3. The number of carboxylic acids is 1. The molecule has 1 fully saturated rings. The number of nitrogens with zero attached hydrogens (tertiary/aromatic N) is 1. The fourth-order valence-corrected chi connectivity index (χ4v) is 6.45. The minimum Gasteiger partial charge on any atom is -0.480 e. The molecule has 3 atom stereocenters. The summed E-state index contributed by atoms with van der Waals surface area (Å²) >= 11 is 0. The van der Waals surface area contributed by atoms with Crippen LogP contribution in [0.25, 0.3) is 11.1 Å². The molecule has 3 aromatic carbocycles. The number of carbonyl (C=O) groups excluding carboxylic acids is 1. The van der Waals surface area contributed by atoms with Gasteiger partial charge in [0.1, 0.15) is 15.9 Å². The zero-order chi connectivity index (χ0) is 30.3. The molecule has 0 bridgehead atoms. The average molecular weight is 593 g/mol. The quantitative estimate of drug-likeness (QED) is 0.303. The van der Waals surface area contributed by atoms with E-state index in [0.29, 0.717) is 30.2 Å². The molecule has 3 aromatic rings. The summed E-state index contributed by atoms with van der Waals surface area (Å²) in [4.78, 5) is 27.7. The van der Waals surface area contributed by atoms with Crippen LogP contribution >= 0.6 is 0 Å². The van der Waals surface area contributed by atoms with Gasteiger partial charge in [-0.05, 0) is 72.1 Å². The maximum absolute atomic E-state index is 13.4. The molecule has 1 saturated heterocycles. The van der Waals surface area contributed by atoms with Crippen LogP contribution in [0.4, 0.5) is 0 Å². The lowest BCUT2D eigenvalue weighted by Crippen LogP contribution is -2.42. The van der Waals surface area contributed by atoms with E-state index in [9.17, 15) is 23.1 Å². The van der Waals surface area contributed by atoms with Crippen LogP contribution in [0.3, 0.4) is 0 Å². The van der Waals surface area contributed by atoms with Crippen molar-refractivity contribution in [3.63, 3.8) is 0 Å². The monoisotopic (exact) mass is 592 g/mol. The predicted molar refractivity (Wildman–Crippen MR) is 164 cm³/mol. The standard InChI is InChI=1S/C33H40N2O6S/c1-23-9-7-8-12-28(23)30-19-25(13-14-29(30)32(36)34-31(33(37)38)15-16-42(3,39)40)20-35-21-26(18-27(35)22-41-2)17-24-10-5-4-6-11-24/h4-14,19,26-27,31H,15-18,20-22H2,1-3H3,(H,34,36)(H,37,38)/t26-,27-,31-/m0/s1. The molecular weight excluding hydrogens is 552 g/mol. The Morgan fingerprint density at radius 1 is 1.02 bits per heavy atom. The topological polar surface area (TPSA) is 113 Å². The molecule has 1 aliphatic rings. The molecule has 0 unspecified atom stereocenters. The van der Waals surface area contributed by atoms with Crippen LogP contribution in [0.2, 0.25) is 0 Å². The Balaban J connectivity index is 1.60. The molecule has 0 spiro atoms. The van der Waals surface area contributed by atoms with Crippen LogP contribution in [0.5, 0.6) is 0 Å². The molecule has 42 heavy (non-hydrogen) atoms. The van der Waals surface area contributed by atoms with Crippen LogP contribution in [0.1, 0.15) is 39.9 Å². The van der Waals surface area contributed by atoms with Crippen LogP contribution in [-0.4, -0.2) is 74.7 Å². The first-order valence-electron chi connectivity index (χ1n) is 14.2. The second kappa shape index (κ2) is 14.1. The van der Waals surface area contributed by atoms with Crippen LogP contribution in [0, 0.1) is 12.8 Å². The van der Waals surface area contributed by atoms with Crippen molar-refractivity contribution in [1.82, 2.24) is 10.2 Å². The number of carbonyl (C=O) groups is 2. The number of rotatable bonds is 13. The lowest BCUT2D eigenvalue weighted by molar-refractivity contribution is -0.139. The highest BCUT2D eigenvalue weighted by Gasteiger charge is 2.32. The molecule has 1 amide bonds. The van der Waals surface area contributed by atoms with Crippen molar-refractivity contribution in [2.24, 2.45) is 5.92 Å². The first kappa shape index (κ1) is 31.4. The average Bonchev–Trinajstić information content (AvgIpc) is 3.31. The van der Waals surface area contributed by atoms with E-state index in [1.54, 1.807) is 13.2 Å². The summed E-state index contributed by atoms with van der Waals surface area (Å²) in [6, 6.07) is 22.9. The Labute approximate surface area is 248 Å². The lowest BCUT2D eigenvalue weighted by atomic mass is 9.93. The number of hydrogen-bond acceptors (Lipinski definition) is 6. The van der Waals surface area contributed by atoms with Gasteiger partial charge < -0.3 is 15.2 Å². The highest BCUT2D eigenvalue weighted by molar-refractivity contribution is 7.90. The Bertz CT molecular complexity index is 1490. The minimum atomic E-state index is -3.39. The van der Waals surface area contributed by atoms with Gasteiger partial charge in [0.25, 0.3) is 5.91 Å². The van der Waals surface area contributed by atoms with E-state index >= 15 is 0 Å². The highest BCUT2D eigenvalue weighted by atomic mass is 32.2. The third-order valence-electron chi connectivity index (χ3n) is 7.87. The summed E-state index contributed by atoms with van der Waals surface area (Å²) < 4.78 is 28.8. The van der Waals surface area contributed by atoms with E-state index in [-0.39, 0.29) is 18.2 Å². The number of methoxy groups -OCH3 is 1. The van der Waals surface area contributed by atoms with Gasteiger partial charge in [-0.15, -0.1) is 0 Å². The Hall–Kier alpha value is -3.53. The second-order valence-corrected chi connectivity index (χ2v) is 13.6. The van der Waals surface area contributed by atoms with E-state index in [2.05, 4.69) is 34.5 Å². The number of sulfone groups is 1. The van der Waals surface area contributed by atoms with Gasteiger partial charge in [0.05, 0.1) is 12.4 Å². The maximum atomic E-state index is 13.4. The smallest absolute Gasteiger partial charge is 0.326 e. The van der Waals surface area contributed by atoms with Crippen LogP contribution in [-0.2, 0) is 32.3 Å². The number of benzene rings is 3. The molecule has 9 heteroatoms. The molecule has 0 aromatic heterocycles. The van der Waals surface area contributed by atoms with Gasteiger partial charge in [0.15, 0.2) is 0 Å². The summed E-state index contributed by atoms with van der Waals surface area (Å²) in [6.45, 7) is 4.23. The number of amides is 1. The fourth-order valence-electron chi connectivity index (χ4n) is 5.79. The van der Waals surface area contributed by atoms with E-state index in [1.165, 1.54) is 5.56 Å². The number of nitrogens with one attached hydrogen (secondary N) is 1. The largest absolute Gasteiger partial charge is 0.480 e. The number of carboxylic acid groups (broad SMARTS) is 1. The van der Waals surface area contributed by atoms with E-state index in [1.807, 2.05) is 49.4 Å². The Kier molecular flexibility index (Phi) is 10.5. The summed E-state index contributed by atoms with van der Waals surface area (Å²) in [6.07, 6.45) is 2.88. The first-order chi connectivity index (χ1) is 20.0. The summed E-state index contributed by atoms with van der Waals surface area (Å²) in [5.74, 6) is -1.66. The Morgan fingerprint density at radius 2 is 1.74 bits per heavy atom. The van der Waals surface area contributed by atoms with Crippen molar-refractivity contribution >= 4 is 21.7 Å². The van der Waals surface area contributed by atoms with Crippen molar-refractivity contribution in [2.75, 3.05) is 32.3 Å². The van der Waals surface area contributed by atoms with Crippen molar-refractivity contribution < 1.29 is 27.9 Å². The van der Waals surface area contributed by atoms with Gasteiger partial charge >= 0.3 is 5.97 Å². The number of ether oxygens (including phenoxy) is 1. The van der Waals surface area contributed by atoms with E-state index < -0.39 is 27.8 Å². The van der Waals surface area contributed by atoms with Crippen molar-refractivity contribution in [3.8, 4) is 11.1 Å². The molecule has 8 nitrogen and oxygen atoms in total. The van der Waals surface area contributed by atoms with Crippen LogP contribution < -0.4 is 5.32 Å². The van der Waals surface area contributed by atoms with Gasteiger partial charge in [-0.2, -0.15) is 0 Å².